The summed E-state index contributed by atoms with van der Waals surface area (Å²) in [6.07, 6.45) is 7.89. The Hall–Kier alpha value is -0.860. The van der Waals surface area contributed by atoms with Gasteiger partial charge in [-0.2, -0.15) is 0 Å². The number of aryl methyl sites for hydroxylation is 1. The highest BCUT2D eigenvalue weighted by Gasteiger charge is 2.21. The molecule has 3 rings (SSSR count). The van der Waals surface area contributed by atoms with Gasteiger partial charge in [0, 0.05) is 26.2 Å². The van der Waals surface area contributed by atoms with Crippen molar-refractivity contribution in [1.82, 2.24) is 4.90 Å². The molecule has 2 nitrogen and oxygen atoms in total. The Balaban J connectivity index is 1.66. The van der Waals surface area contributed by atoms with Crippen LogP contribution in [0.3, 0.4) is 0 Å². The summed E-state index contributed by atoms with van der Waals surface area (Å²) in [5, 5.41) is 0. The number of hydrogen-bond acceptors (Lipinski definition) is 2. The number of benzene rings is 1. The summed E-state index contributed by atoms with van der Waals surface area (Å²) in [6.45, 7) is 9.07. The standard InChI is InChI=1S/C19H29NO/c1-3-16-7-8-17-9-11-20(12-10-19(17)15(16)2)14-18-6-4-5-13-21-18/h7-8,18H,3-6,9-14H2,1-2H3. The maximum absolute atomic E-state index is 5.92. The van der Waals surface area contributed by atoms with Crippen LogP contribution in [0.2, 0.25) is 0 Å². The highest BCUT2D eigenvalue weighted by molar-refractivity contribution is 5.41. The van der Waals surface area contributed by atoms with Crippen LogP contribution in [0.15, 0.2) is 12.1 Å². The topological polar surface area (TPSA) is 12.5 Å². The minimum absolute atomic E-state index is 0.479. The summed E-state index contributed by atoms with van der Waals surface area (Å²) in [4.78, 5) is 2.63. The first kappa shape index (κ1) is 15.1. The second-order valence-electron chi connectivity index (χ2n) is 6.63. The summed E-state index contributed by atoms with van der Waals surface area (Å²) < 4.78 is 5.92. The highest BCUT2D eigenvalue weighted by atomic mass is 16.5. The molecule has 1 unspecified atom stereocenters. The van der Waals surface area contributed by atoms with Crippen molar-refractivity contribution in [2.75, 3.05) is 26.2 Å². The molecule has 0 aliphatic carbocycles. The first-order chi connectivity index (χ1) is 10.3. The summed E-state index contributed by atoms with van der Waals surface area (Å²) in [5.41, 5.74) is 6.28. The van der Waals surface area contributed by atoms with Crippen LogP contribution >= 0.6 is 0 Å². The third-order valence-corrected chi connectivity index (χ3v) is 5.30. The molecule has 0 aromatic heterocycles. The Morgan fingerprint density at radius 2 is 2.05 bits per heavy atom. The minimum Gasteiger partial charge on any atom is -0.377 e. The van der Waals surface area contributed by atoms with Crippen LogP contribution in [0, 0.1) is 6.92 Å². The van der Waals surface area contributed by atoms with Crippen molar-refractivity contribution in [1.29, 1.82) is 0 Å². The van der Waals surface area contributed by atoms with E-state index in [-0.39, 0.29) is 0 Å². The van der Waals surface area contributed by atoms with E-state index in [2.05, 4.69) is 30.9 Å². The van der Waals surface area contributed by atoms with Gasteiger partial charge in [-0.25, -0.2) is 0 Å². The fraction of sp³-hybridized carbons (Fsp3) is 0.684. The lowest BCUT2D eigenvalue weighted by Crippen LogP contribution is -2.37. The lowest BCUT2D eigenvalue weighted by atomic mass is 9.93. The minimum atomic E-state index is 0.479. The summed E-state index contributed by atoms with van der Waals surface area (Å²) in [7, 11) is 0. The molecule has 1 atom stereocenters. The third-order valence-electron chi connectivity index (χ3n) is 5.30. The van der Waals surface area contributed by atoms with Crippen molar-refractivity contribution in [3.05, 3.63) is 34.4 Å². The van der Waals surface area contributed by atoms with Crippen molar-refractivity contribution in [2.24, 2.45) is 0 Å². The molecule has 0 amide bonds. The lowest BCUT2D eigenvalue weighted by molar-refractivity contribution is -0.00497. The number of rotatable bonds is 3. The molecule has 116 valence electrons. The summed E-state index contributed by atoms with van der Waals surface area (Å²) >= 11 is 0. The molecule has 1 aromatic rings. The molecule has 21 heavy (non-hydrogen) atoms. The van der Waals surface area contributed by atoms with Gasteiger partial charge < -0.3 is 9.64 Å². The molecule has 0 saturated carbocycles. The van der Waals surface area contributed by atoms with Crippen molar-refractivity contribution < 1.29 is 4.74 Å². The quantitative estimate of drug-likeness (QED) is 0.843. The Morgan fingerprint density at radius 3 is 2.81 bits per heavy atom. The molecule has 0 radical (unpaired) electrons. The van der Waals surface area contributed by atoms with E-state index >= 15 is 0 Å². The monoisotopic (exact) mass is 287 g/mol. The van der Waals surface area contributed by atoms with Gasteiger partial charge in [0.05, 0.1) is 6.10 Å². The van der Waals surface area contributed by atoms with E-state index in [4.69, 9.17) is 4.74 Å². The molecule has 0 bridgehead atoms. The van der Waals surface area contributed by atoms with Crippen LogP contribution in [-0.4, -0.2) is 37.2 Å². The van der Waals surface area contributed by atoms with Gasteiger partial charge >= 0.3 is 0 Å². The Morgan fingerprint density at radius 1 is 1.19 bits per heavy atom. The van der Waals surface area contributed by atoms with Gasteiger partial charge in [-0.05, 0) is 67.7 Å². The second-order valence-corrected chi connectivity index (χ2v) is 6.63. The van der Waals surface area contributed by atoms with Gasteiger partial charge in [0.25, 0.3) is 0 Å². The van der Waals surface area contributed by atoms with Crippen LogP contribution in [-0.2, 0) is 24.0 Å². The Bertz CT molecular complexity index is 477. The van der Waals surface area contributed by atoms with Crippen LogP contribution in [0.4, 0.5) is 0 Å². The van der Waals surface area contributed by atoms with Gasteiger partial charge in [-0.1, -0.05) is 19.1 Å². The molecule has 0 N–H and O–H groups in total. The maximum Gasteiger partial charge on any atom is 0.0702 e. The number of ether oxygens (including phenoxy) is 1. The Kier molecular flexibility index (Phi) is 4.97. The van der Waals surface area contributed by atoms with E-state index in [1.54, 1.807) is 16.7 Å². The number of hydrogen-bond donors (Lipinski definition) is 0. The molecule has 1 saturated heterocycles. The molecule has 1 fully saturated rings. The summed E-state index contributed by atoms with van der Waals surface area (Å²) in [5.74, 6) is 0. The second kappa shape index (κ2) is 6.93. The van der Waals surface area contributed by atoms with Gasteiger partial charge in [0.2, 0.25) is 0 Å². The van der Waals surface area contributed by atoms with Crippen molar-refractivity contribution >= 4 is 0 Å². The molecule has 2 heteroatoms. The lowest BCUT2D eigenvalue weighted by Gasteiger charge is -2.29. The van der Waals surface area contributed by atoms with Crippen molar-refractivity contribution in [3.8, 4) is 0 Å². The number of nitrogens with zero attached hydrogens (tertiary/aromatic N) is 1. The normalized spacial score (nSPS) is 23.6. The van der Waals surface area contributed by atoms with Crippen LogP contribution in [0.5, 0.6) is 0 Å². The highest BCUT2D eigenvalue weighted by Crippen LogP contribution is 2.24. The van der Waals surface area contributed by atoms with Crippen LogP contribution < -0.4 is 0 Å². The average molecular weight is 287 g/mol. The predicted octanol–water partition coefficient (Wildman–Crippen LogP) is 3.53. The third kappa shape index (κ3) is 3.49. The zero-order valence-electron chi connectivity index (χ0n) is 13.7. The number of fused-ring (bicyclic) bond motifs is 1. The van der Waals surface area contributed by atoms with Gasteiger partial charge in [0.1, 0.15) is 0 Å². The zero-order valence-corrected chi connectivity index (χ0v) is 13.7. The van der Waals surface area contributed by atoms with E-state index in [0.717, 1.165) is 19.6 Å². The van der Waals surface area contributed by atoms with E-state index in [1.807, 2.05) is 0 Å². The van der Waals surface area contributed by atoms with E-state index in [0.29, 0.717) is 6.10 Å². The molecule has 2 heterocycles. The van der Waals surface area contributed by atoms with Crippen LogP contribution in [0.1, 0.15) is 48.4 Å². The summed E-state index contributed by atoms with van der Waals surface area (Å²) in [6, 6.07) is 4.72. The predicted molar refractivity (Wildman–Crippen MR) is 88.0 cm³/mol. The molecular weight excluding hydrogens is 258 g/mol. The molecule has 2 aliphatic heterocycles. The fourth-order valence-corrected chi connectivity index (χ4v) is 3.91. The van der Waals surface area contributed by atoms with Crippen molar-refractivity contribution in [2.45, 2.75) is 58.5 Å². The van der Waals surface area contributed by atoms with Gasteiger partial charge in [0.15, 0.2) is 0 Å². The largest absolute Gasteiger partial charge is 0.377 e. The van der Waals surface area contributed by atoms with E-state index in [9.17, 15) is 0 Å². The van der Waals surface area contributed by atoms with E-state index < -0.39 is 0 Å². The molecule has 1 aromatic carbocycles. The smallest absolute Gasteiger partial charge is 0.0702 e. The van der Waals surface area contributed by atoms with E-state index in [1.165, 1.54) is 50.8 Å². The van der Waals surface area contributed by atoms with Crippen molar-refractivity contribution in [3.63, 3.8) is 0 Å². The first-order valence-corrected chi connectivity index (χ1v) is 8.72. The van der Waals surface area contributed by atoms with Crippen LogP contribution in [0.25, 0.3) is 0 Å². The SMILES string of the molecule is CCc1ccc2c(c1C)CCN(CC1CCCCO1)CC2. The maximum atomic E-state index is 5.92. The van der Waals surface area contributed by atoms with Gasteiger partial charge in [-0.15, -0.1) is 0 Å². The fourth-order valence-electron chi connectivity index (χ4n) is 3.91. The average Bonchev–Trinajstić information content (AvgIpc) is 2.72. The molecule has 0 spiro atoms. The zero-order chi connectivity index (χ0) is 14.7. The first-order valence-electron chi connectivity index (χ1n) is 8.72. The van der Waals surface area contributed by atoms with Gasteiger partial charge in [-0.3, -0.25) is 0 Å². The molecular formula is C19H29NO. The molecule has 2 aliphatic rings. The Labute approximate surface area is 129 Å².